The molecule has 0 aliphatic heterocycles. The number of hydrogen-bond acceptors (Lipinski definition) is 5. The fraction of sp³-hybridized carbons (Fsp3) is 0.583. The number of aromatic nitrogens is 2. The second-order valence-corrected chi connectivity index (χ2v) is 3.97. The van der Waals surface area contributed by atoms with Crippen LogP contribution >= 0.6 is 0 Å². The molecule has 1 aromatic rings. The van der Waals surface area contributed by atoms with Crippen LogP contribution in [0.2, 0.25) is 0 Å². The first-order valence-electron chi connectivity index (χ1n) is 5.88. The fourth-order valence-electron chi connectivity index (χ4n) is 1.33. The molecule has 0 aromatic carbocycles. The quantitative estimate of drug-likeness (QED) is 0.738. The molecule has 2 N–H and O–H groups in total. The van der Waals surface area contributed by atoms with E-state index < -0.39 is 0 Å². The van der Waals surface area contributed by atoms with Crippen molar-refractivity contribution in [3.63, 3.8) is 0 Å². The molecule has 92 valence electrons. The molecule has 0 amide bonds. The van der Waals surface area contributed by atoms with Gasteiger partial charge >= 0.3 is 0 Å². The van der Waals surface area contributed by atoms with E-state index in [0.29, 0.717) is 19.0 Å². The van der Waals surface area contributed by atoms with Crippen molar-refractivity contribution in [1.29, 1.82) is 5.26 Å². The minimum Gasteiger partial charge on any atom is -0.369 e. The van der Waals surface area contributed by atoms with E-state index in [0.717, 1.165) is 23.9 Å². The van der Waals surface area contributed by atoms with Gasteiger partial charge in [-0.15, -0.1) is 0 Å². The van der Waals surface area contributed by atoms with Crippen molar-refractivity contribution < 1.29 is 0 Å². The Hall–Kier alpha value is -1.83. The van der Waals surface area contributed by atoms with Crippen LogP contribution in [0.15, 0.2) is 6.07 Å². The smallest absolute Gasteiger partial charge is 0.132 e. The third-order valence-electron chi connectivity index (χ3n) is 2.39. The average Bonchev–Trinajstić information content (AvgIpc) is 2.28. The molecule has 0 spiro atoms. The Bertz CT molecular complexity index is 396. The van der Waals surface area contributed by atoms with Crippen LogP contribution in [0, 0.1) is 18.3 Å². The summed E-state index contributed by atoms with van der Waals surface area (Å²) in [5, 5.41) is 14.9. The highest BCUT2D eigenvalue weighted by molar-refractivity contribution is 5.47. The zero-order valence-electron chi connectivity index (χ0n) is 10.6. The van der Waals surface area contributed by atoms with E-state index in [2.05, 4.69) is 40.5 Å². The largest absolute Gasteiger partial charge is 0.369 e. The van der Waals surface area contributed by atoms with E-state index >= 15 is 0 Å². The first-order chi connectivity index (χ1) is 8.15. The Kier molecular flexibility index (Phi) is 5.21. The summed E-state index contributed by atoms with van der Waals surface area (Å²) >= 11 is 0. The Morgan fingerprint density at radius 3 is 2.76 bits per heavy atom. The summed E-state index contributed by atoms with van der Waals surface area (Å²) < 4.78 is 0. The van der Waals surface area contributed by atoms with Gasteiger partial charge in [-0.2, -0.15) is 5.26 Å². The zero-order chi connectivity index (χ0) is 12.7. The normalized spacial score (nSPS) is 11.6. The minimum atomic E-state index is 0.385. The van der Waals surface area contributed by atoms with Crippen LogP contribution in [0.5, 0.6) is 0 Å². The van der Waals surface area contributed by atoms with Crippen LogP contribution in [0.4, 0.5) is 11.6 Å². The molecule has 0 aliphatic carbocycles. The Labute approximate surface area is 102 Å². The number of hydrogen-bond donors (Lipinski definition) is 2. The van der Waals surface area contributed by atoms with Crippen LogP contribution in [-0.2, 0) is 0 Å². The third kappa shape index (κ3) is 4.68. The van der Waals surface area contributed by atoms with E-state index in [-0.39, 0.29) is 0 Å². The van der Waals surface area contributed by atoms with Crippen molar-refractivity contribution >= 4 is 11.6 Å². The molecule has 0 fully saturated rings. The average molecular weight is 233 g/mol. The van der Waals surface area contributed by atoms with Crippen LogP contribution in [0.3, 0.4) is 0 Å². The van der Waals surface area contributed by atoms with Gasteiger partial charge in [0, 0.05) is 18.7 Å². The molecule has 1 heterocycles. The molecule has 5 heteroatoms. The number of aryl methyl sites for hydroxylation is 1. The van der Waals surface area contributed by atoms with E-state index in [1.54, 1.807) is 0 Å². The van der Waals surface area contributed by atoms with Gasteiger partial charge in [-0.3, -0.25) is 0 Å². The Balaban J connectivity index is 2.69. The van der Waals surface area contributed by atoms with Crippen molar-refractivity contribution in [2.75, 3.05) is 17.2 Å². The molecular weight excluding hydrogens is 214 g/mol. The molecule has 0 bridgehead atoms. The second-order valence-electron chi connectivity index (χ2n) is 3.97. The lowest BCUT2D eigenvalue weighted by molar-refractivity contribution is 0.757. The summed E-state index contributed by atoms with van der Waals surface area (Å²) in [7, 11) is 0. The van der Waals surface area contributed by atoms with E-state index in [1.165, 1.54) is 0 Å². The second kappa shape index (κ2) is 6.69. The number of rotatable bonds is 6. The molecule has 0 aliphatic rings. The molecule has 1 unspecified atom stereocenters. The summed E-state index contributed by atoms with van der Waals surface area (Å²) in [6, 6.07) is 4.34. The lowest BCUT2D eigenvalue weighted by Crippen LogP contribution is -2.15. The highest BCUT2D eigenvalue weighted by Gasteiger charge is 2.04. The fourth-order valence-corrected chi connectivity index (χ4v) is 1.33. The standard InChI is InChI=1S/C12H19N5/c1-4-9(2)15-12-8-11(14-7-5-6-13)16-10(3)17-12/h8-9H,4-5,7H2,1-3H3,(H2,14,15,16,17). The van der Waals surface area contributed by atoms with E-state index in [4.69, 9.17) is 5.26 Å². The first-order valence-corrected chi connectivity index (χ1v) is 5.88. The number of anilines is 2. The minimum absolute atomic E-state index is 0.385. The monoisotopic (exact) mass is 233 g/mol. The Morgan fingerprint density at radius 2 is 2.12 bits per heavy atom. The summed E-state index contributed by atoms with van der Waals surface area (Å²) in [6.07, 6.45) is 1.51. The maximum atomic E-state index is 8.47. The van der Waals surface area contributed by atoms with Gasteiger partial charge in [-0.1, -0.05) is 6.92 Å². The van der Waals surface area contributed by atoms with Crippen molar-refractivity contribution in [2.24, 2.45) is 0 Å². The van der Waals surface area contributed by atoms with Crippen LogP contribution in [0.25, 0.3) is 0 Å². The predicted molar refractivity (Wildman–Crippen MR) is 68.9 cm³/mol. The van der Waals surface area contributed by atoms with E-state index in [1.807, 2.05) is 13.0 Å². The maximum Gasteiger partial charge on any atom is 0.132 e. The van der Waals surface area contributed by atoms with Crippen molar-refractivity contribution in [2.45, 2.75) is 39.7 Å². The van der Waals surface area contributed by atoms with Crippen LogP contribution in [-0.4, -0.2) is 22.6 Å². The van der Waals surface area contributed by atoms with Crippen molar-refractivity contribution in [1.82, 2.24) is 9.97 Å². The Morgan fingerprint density at radius 1 is 1.41 bits per heavy atom. The highest BCUT2D eigenvalue weighted by atomic mass is 15.1. The van der Waals surface area contributed by atoms with Gasteiger partial charge in [0.1, 0.15) is 17.5 Å². The van der Waals surface area contributed by atoms with Crippen molar-refractivity contribution in [3.8, 4) is 6.07 Å². The summed E-state index contributed by atoms with van der Waals surface area (Å²) in [5.41, 5.74) is 0. The van der Waals surface area contributed by atoms with Gasteiger partial charge in [0.2, 0.25) is 0 Å². The van der Waals surface area contributed by atoms with Crippen LogP contribution in [0.1, 0.15) is 32.5 Å². The highest BCUT2D eigenvalue weighted by Crippen LogP contribution is 2.12. The lowest BCUT2D eigenvalue weighted by atomic mass is 10.2. The molecule has 5 nitrogen and oxygen atoms in total. The maximum absolute atomic E-state index is 8.47. The first kappa shape index (κ1) is 13.2. The van der Waals surface area contributed by atoms with Gasteiger partial charge in [-0.25, -0.2) is 9.97 Å². The lowest BCUT2D eigenvalue weighted by Gasteiger charge is -2.13. The molecule has 1 aromatic heterocycles. The van der Waals surface area contributed by atoms with E-state index in [9.17, 15) is 0 Å². The number of nitrogens with zero attached hydrogens (tertiary/aromatic N) is 3. The SMILES string of the molecule is CCC(C)Nc1cc(NCCC#N)nc(C)n1. The molecule has 0 saturated carbocycles. The number of nitriles is 1. The van der Waals surface area contributed by atoms with Crippen molar-refractivity contribution in [3.05, 3.63) is 11.9 Å². The molecular formula is C12H19N5. The molecule has 0 saturated heterocycles. The molecule has 1 atom stereocenters. The zero-order valence-corrected chi connectivity index (χ0v) is 10.6. The molecule has 0 radical (unpaired) electrons. The topological polar surface area (TPSA) is 73.6 Å². The van der Waals surface area contributed by atoms with Gasteiger partial charge < -0.3 is 10.6 Å². The summed E-state index contributed by atoms with van der Waals surface area (Å²) in [5.74, 6) is 2.31. The predicted octanol–water partition coefficient (Wildman–Crippen LogP) is 2.32. The van der Waals surface area contributed by atoms with Gasteiger partial charge in [0.15, 0.2) is 0 Å². The van der Waals surface area contributed by atoms with Gasteiger partial charge in [0.05, 0.1) is 12.5 Å². The van der Waals surface area contributed by atoms with Crippen LogP contribution < -0.4 is 10.6 Å². The molecule has 1 rings (SSSR count). The van der Waals surface area contributed by atoms with Gasteiger partial charge in [0.25, 0.3) is 0 Å². The number of nitrogens with one attached hydrogen (secondary N) is 2. The third-order valence-corrected chi connectivity index (χ3v) is 2.39. The van der Waals surface area contributed by atoms with Gasteiger partial charge in [-0.05, 0) is 20.3 Å². The summed E-state index contributed by atoms with van der Waals surface area (Å²) in [4.78, 5) is 8.59. The molecule has 17 heavy (non-hydrogen) atoms. The summed E-state index contributed by atoms with van der Waals surface area (Å²) in [6.45, 7) is 6.70.